The Morgan fingerprint density at radius 3 is 2.67 bits per heavy atom. The molecule has 1 saturated carbocycles. The molecule has 0 aliphatic heterocycles. The quantitative estimate of drug-likeness (QED) is 0.752. The van der Waals surface area contributed by atoms with Gasteiger partial charge in [0.25, 0.3) is 0 Å². The lowest BCUT2D eigenvalue weighted by molar-refractivity contribution is 0.138. The number of hydrogen-bond acceptors (Lipinski definition) is 2. The molecule has 0 aromatic heterocycles. The maximum Gasteiger partial charge on any atom is 0.0445 e. The molecule has 0 saturated heterocycles. The molecule has 15 heavy (non-hydrogen) atoms. The van der Waals surface area contributed by atoms with Crippen molar-refractivity contribution >= 4 is 0 Å². The van der Waals surface area contributed by atoms with Crippen LogP contribution in [0.2, 0.25) is 0 Å². The molecule has 1 aliphatic carbocycles. The third-order valence-electron chi connectivity index (χ3n) is 3.75. The maximum absolute atomic E-state index is 8.88. The highest BCUT2D eigenvalue weighted by Crippen LogP contribution is 2.38. The van der Waals surface area contributed by atoms with E-state index >= 15 is 0 Å². The first-order valence-electron chi connectivity index (χ1n) is 6.31. The topological polar surface area (TPSA) is 32.3 Å². The van der Waals surface area contributed by atoms with Crippen molar-refractivity contribution in [2.75, 3.05) is 6.61 Å². The molecule has 1 aliphatic rings. The summed E-state index contributed by atoms with van der Waals surface area (Å²) < 4.78 is 0. The lowest BCUT2D eigenvalue weighted by Gasteiger charge is -2.40. The van der Waals surface area contributed by atoms with Gasteiger partial charge in [-0.05, 0) is 43.9 Å². The van der Waals surface area contributed by atoms with Gasteiger partial charge in [-0.1, -0.05) is 20.8 Å². The maximum atomic E-state index is 8.88. The first kappa shape index (κ1) is 13.0. The Hall–Kier alpha value is -0.0800. The smallest absolute Gasteiger partial charge is 0.0445 e. The average molecular weight is 213 g/mol. The van der Waals surface area contributed by atoms with Crippen LogP contribution in [0.15, 0.2) is 0 Å². The summed E-state index contributed by atoms with van der Waals surface area (Å²) in [4.78, 5) is 0. The van der Waals surface area contributed by atoms with E-state index in [1.807, 2.05) is 0 Å². The molecule has 0 radical (unpaired) electrons. The van der Waals surface area contributed by atoms with Crippen molar-refractivity contribution in [1.29, 1.82) is 0 Å². The molecule has 0 heterocycles. The number of rotatable bonds is 4. The summed E-state index contributed by atoms with van der Waals surface area (Å²) in [5, 5.41) is 12.5. The van der Waals surface area contributed by atoms with E-state index in [1.165, 1.54) is 19.3 Å². The van der Waals surface area contributed by atoms with E-state index < -0.39 is 0 Å². The Kier molecular flexibility index (Phi) is 4.60. The third-order valence-corrected chi connectivity index (χ3v) is 3.75. The van der Waals surface area contributed by atoms with Gasteiger partial charge in [0.2, 0.25) is 0 Å². The molecular weight excluding hydrogens is 186 g/mol. The van der Waals surface area contributed by atoms with E-state index in [0.29, 0.717) is 24.1 Å². The van der Waals surface area contributed by atoms with Crippen molar-refractivity contribution in [3.8, 4) is 0 Å². The molecule has 0 aromatic rings. The van der Waals surface area contributed by atoms with Crippen molar-refractivity contribution < 1.29 is 5.11 Å². The minimum absolute atomic E-state index is 0.292. The summed E-state index contributed by atoms with van der Waals surface area (Å²) in [5.74, 6) is 0.759. The van der Waals surface area contributed by atoms with Crippen LogP contribution in [0.25, 0.3) is 0 Å². The van der Waals surface area contributed by atoms with Gasteiger partial charge in [-0.2, -0.15) is 0 Å². The Morgan fingerprint density at radius 2 is 2.13 bits per heavy atom. The molecule has 3 atom stereocenters. The minimum atomic E-state index is 0.292. The van der Waals surface area contributed by atoms with Crippen LogP contribution in [0.5, 0.6) is 0 Å². The highest BCUT2D eigenvalue weighted by molar-refractivity contribution is 4.87. The van der Waals surface area contributed by atoms with Crippen LogP contribution < -0.4 is 5.32 Å². The van der Waals surface area contributed by atoms with Gasteiger partial charge in [0.15, 0.2) is 0 Å². The third kappa shape index (κ3) is 4.12. The zero-order valence-electron chi connectivity index (χ0n) is 10.7. The second-order valence-corrected chi connectivity index (χ2v) is 6.07. The predicted molar refractivity (Wildman–Crippen MR) is 64.9 cm³/mol. The molecule has 0 aromatic carbocycles. The van der Waals surface area contributed by atoms with Crippen LogP contribution in [0.1, 0.15) is 53.4 Å². The molecule has 1 fully saturated rings. The van der Waals surface area contributed by atoms with Gasteiger partial charge in [0.1, 0.15) is 0 Å². The fourth-order valence-electron chi connectivity index (χ4n) is 2.84. The number of aliphatic hydroxyl groups excluding tert-OH is 1. The summed E-state index contributed by atoms with van der Waals surface area (Å²) in [6.07, 6.45) is 4.79. The van der Waals surface area contributed by atoms with Crippen LogP contribution in [0.3, 0.4) is 0 Å². The van der Waals surface area contributed by atoms with E-state index in [1.54, 1.807) is 0 Å². The number of aliphatic hydroxyl groups is 1. The van der Waals surface area contributed by atoms with E-state index in [-0.39, 0.29) is 0 Å². The van der Waals surface area contributed by atoms with Crippen LogP contribution in [-0.2, 0) is 0 Å². The van der Waals surface area contributed by atoms with Gasteiger partial charge >= 0.3 is 0 Å². The molecule has 3 unspecified atom stereocenters. The van der Waals surface area contributed by atoms with Crippen LogP contribution in [-0.4, -0.2) is 23.8 Å². The Balaban J connectivity index is 2.38. The van der Waals surface area contributed by atoms with E-state index in [0.717, 1.165) is 12.3 Å². The van der Waals surface area contributed by atoms with Crippen LogP contribution >= 0.6 is 0 Å². The summed E-state index contributed by atoms with van der Waals surface area (Å²) in [7, 11) is 0. The standard InChI is InChI=1S/C13H27NO/c1-10-9-13(3,4)7-5-12(10)14-11(2)6-8-15/h10-12,14-15H,5-9H2,1-4H3. The average Bonchev–Trinajstić information content (AvgIpc) is 2.10. The van der Waals surface area contributed by atoms with Crippen molar-refractivity contribution in [2.24, 2.45) is 11.3 Å². The predicted octanol–water partition coefficient (Wildman–Crippen LogP) is 2.56. The van der Waals surface area contributed by atoms with Crippen LogP contribution in [0.4, 0.5) is 0 Å². The molecule has 0 spiro atoms. The number of hydrogen-bond donors (Lipinski definition) is 2. The Bertz CT molecular complexity index is 191. The Labute approximate surface area is 94.5 Å². The van der Waals surface area contributed by atoms with Gasteiger partial charge in [0.05, 0.1) is 0 Å². The van der Waals surface area contributed by atoms with Gasteiger partial charge in [-0.3, -0.25) is 0 Å². The fourth-order valence-corrected chi connectivity index (χ4v) is 2.84. The summed E-state index contributed by atoms with van der Waals surface area (Å²) in [6, 6.07) is 1.10. The van der Waals surface area contributed by atoms with Gasteiger partial charge < -0.3 is 10.4 Å². The highest BCUT2D eigenvalue weighted by Gasteiger charge is 2.32. The molecule has 0 amide bonds. The van der Waals surface area contributed by atoms with Crippen LogP contribution in [0, 0.1) is 11.3 Å². The lowest BCUT2D eigenvalue weighted by atomic mass is 9.70. The largest absolute Gasteiger partial charge is 0.396 e. The summed E-state index contributed by atoms with van der Waals surface area (Å²) >= 11 is 0. The first-order valence-corrected chi connectivity index (χ1v) is 6.31. The van der Waals surface area contributed by atoms with Crippen molar-refractivity contribution in [2.45, 2.75) is 65.5 Å². The van der Waals surface area contributed by atoms with E-state index in [9.17, 15) is 0 Å². The van der Waals surface area contributed by atoms with Crippen molar-refractivity contribution in [3.05, 3.63) is 0 Å². The monoisotopic (exact) mass is 213 g/mol. The highest BCUT2D eigenvalue weighted by atomic mass is 16.3. The molecule has 2 N–H and O–H groups in total. The van der Waals surface area contributed by atoms with Crippen molar-refractivity contribution in [3.63, 3.8) is 0 Å². The van der Waals surface area contributed by atoms with Gasteiger partial charge in [-0.25, -0.2) is 0 Å². The SMILES string of the molecule is CC(CCO)NC1CCC(C)(C)CC1C. The van der Waals surface area contributed by atoms with E-state index in [4.69, 9.17) is 5.11 Å². The second kappa shape index (κ2) is 5.31. The number of nitrogens with one attached hydrogen (secondary N) is 1. The van der Waals surface area contributed by atoms with Gasteiger partial charge in [0, 0.05) is 18.7 Å². The van der Waals surface area contributed by atoms with E-state index in [2.05, 4.69) is 33.0 Å². The summed E-state index contributed by atoms with van der Waals surface area (Å²) in [6.45, 7) is 9.56. The summed E-state index contributed by atoms with van der Waals surface area (Å²) in [5.41, 5.74) is 0.526. The minimum Gasteiger partial charge on any atom is -0.396 e. The fraction of sp³-hybridized carbons (Fsp3) is 1.00. The second-order valence-electron chi connectivity index (χ2n) is 6.07. The zero-order chi connectivity index (χ0) is 11.5. The molecule has 2 nitrogen and oxygen atoms in total. The zero-order valence-corrected chi connectivity index (χ0v) is 10.7. The first-order chi connectivity index (χ1) is 6.94. The molecule has 2 heteroatoms. The molecule has 0 bridgehead atoms. The molecular formula is C13H27NO. The molecule has 1 rings (SSSR count). The normalized spacial score (nSPS) is 32.6. The van der Waals surface area contributed by atoms with Gasteiger partial charge in [-0.15, -0.1) is 0 Å². The lowest BCUT2D eigenvalue weighted by Crippen LogP contribution is -2.45. The molecule has 90 valence electrons. The van der Waals surface area contributed by atoms with Crippen molar-refractivity contribution in [1.82, 2.24) is 5.32 Å². The Morgan fingerprint density at radius 1 is 1.47 bits per heavy atom.